The number of aryl methyl sites for hydroxylation is 2. The Morgan fingerprint density at radius 1 is 1.28 bits per heavy atom. The van der Waals surface area contributed by atoms with E-state index in [-0.39, 0.29) is 19.2 Å². The van der Waals surface area contributed by atoms with Crippen LogP contribution in [0.5, 0.6) is 11.5 Å². The zero-order valence-corrected chi connectivity index (χ0v) is 14.2. The van der Waals surface area contributed by atoms with E-state index in [0.29, 0.717) is 12.3 Å². The summed E-state index contributed by atoms with van der Waals surface area (Å²) in [4.78, 5) is 12.3. The third-order valence-corrected chi connectivity index (χ3v) is 4.23. The molecule has 1 aliphatic rings. The van der Waals surface area contributed by atoms with Crippen LogP contribution >= 0.6 is 0 Å². The zero-order valence-electron chi connectivity index (χ0n) is 14.2. The summed E-state index contributed by atoms with van der Waals surface area (Å²) in [5, 5.41) is 11.7. The Hall–Kier alpha value is -3.03. The molecule has 1 amide bonds. The van der Waals surface area contributed by atoms with Crippen LogP contribution < -0.4 is 14.8 Å². The summed E-state index contributed by atoms with van der Waals surface area (Å²) in [5.74, 6) is 1.34. The van der Waals surface area contributed by atoms with Gasteiger partial charge in [-0.15, -0.1) is 0 Å². The van der Waals surface area contributed by atoms with Gasteiger partial charge >= 0.3 is 0 Å². The third kappa shape index (κ3) is 2.79. The van der Waals surface area contributed by atoms with Crippen molar-refractivity contribution < 1.29 is 14.3 Å². The van der Waals surface area contributed by atoms with Gasteiger partial charge in [0.25, 0.3) is 0 Å². The molecule has 0 bridgehead atoms. The fourth-order valence-corrected chi connectivity index (χ4v) is 3.02. The lowest BCUT2D eigenvalue weighted by Crippen LogP contribution is -2.27. The van der Waals surface area contributed by atoms with Crippen molar-refractivity contribution in [1.82, 2.24) is 24.9 Å². The Labute approximate surface area is 144 Å². The molecule has 3 heterocycles. The van der Waals surface area contributed by atoms with Crippen molar-refractivity contribution >= 4 is 16.9 Å². The van der Waals surface area contributed by atoms with Crippen LogP contribution in [-0.2, 0) is 24.4 Å². The molecule has 8 heteroatoms. The summed E-state index contributed by atoms with van der Waals surface area (Å²) in [6.07, 6.45) is 1.75. The second-order valence-corrected chi connectivity index (χ2v) is 5.90. The van der Waals surface area contributed by atoms with E-state index in [1.807, 2.05) is 36.7 Å². The van der Waals surface area contributed by atoms with Gasteiger partial charge in [-0.1, -0.05) is 6.07 Å². The molecule has 0 radical (unpaired) electrons. The van der Waals surface area contributed by atoms with E-state index in [2.05, 4.69) is 15.5 Å². The lowest BCUT2D eigenvalue weighted by atomic mass is 10.2. The van der Waals surface area contributed by atoms with Crippen molar-refractivity contribution in [2.45, 2.75) is 33.5 Å². The summed E-state index contributed by atoms with van der Waals surface area (Å²) in [6, 6.07) is 5.64. The Morgan fingerprint density at radius 2 is 2.12 bits per heavy atom. The largest absolute Gasteiger partial charge is 0.454 e. The number of hydrogen-bond acceptors (Lipinski definition) is 5. The van der Waals surface area contributed by atoms with Gasteiger partial charge in [0.2, 0.25) is 12.7 Å². The molecule has 3 aromatic rings. The third-order valence-electron chi connectivity index (χ3n) is 4.23. The van der Waals surface area contributed by atoms with Crippen LogP contribution in [0.15, 0.2) is 24.4 Å². The molecule has 1 N–H and O–H groups in total. The molecule has 8 nitrogen and oxygen atoms in total. The van der Waals surface area contributed by atoms with Gasteiger partial charge in [0.05, 0.1) is 11.9 Å². The predicted molar refractivity (Wildman–Crippen MR) is 90.3 cm³/mol. The number of ether oxygens (including phenoxy) is 2. The molecular weight excluding hydrogens is 322 g/mol. The van der Waals surface area contributed by atoms with Crippen LogP contribution in [0.2, 0.25) is 0 Å². The number of rotatable bonds is 5. The Kier molecular flexibility index (Phi) is 3.79. The van der Waals surface area contributed by atoms with Crippen LogP contribution in [-0.4, -0.2) is 32.3 Å². The summed E-state index contributed by atoms with van der Waals surface area (Å²) < 4.78 is 14.2. The van der Waals surface area contributed by atoms with E-state index in [0.717, 1.165) is 34.6 Å². The molecule has 0 unspecified atom stereocenters. The first-order valence-corrected chi connectivity index (χ1v) is 8.20. The highest BCUT2D eigenvalue weighted by atomic mass is 16.7. The first-order chi connectivity index (χ1) is 12.2. The standard InChI is InChI=1S/C17H19N5O3/c1-3-21-13-8-19-22(17(13)11(2)20-21)9-16(23)18-7-12-4-5-14-15(6-12)25-10-24-14/h4-6,8H,3,7,9-10H2,1-2H3,(H,18,23). The number of nitrogens with zero attached hydrogens (tertiary/aromatic N) is 4. The molecule has 1 aromatic carbocycles. The maximum absolute atomic E-state index is 12.3. The van der Waals surface area contributed by atoms with E-state index < -0.39 is 0 Å². The van der Waals surface area contributed by atoms with Gasteiger partial charge in [0.1, 0.15) is 17.6 Å². The van der Waals surface area contributed by atoms with Crippen molar-refractivity contribution in [3.63, 3.8) is 0 Å². The second kappa shape index (κ2) is 6.12. The molecule has 4 rings (SSSR count). The summed E-state index contributed by atoms with van der Waals surface area (Å²) >= 11 is 0. The van der Waals surface area contributed by atoms with Crippen LogP contribution in [0.25, 0.3) is 11.0 Å². The molecule has 0 atom stereocenters. The molecule has 2 aromatic heterocycles. The van der Waals surface area contributed by atoms with E-state index in [1.54, 1.807) is 10.9 Å². The topological polar surface area (TPSA) is 83.2 Å². The van der Waals surface area contributed by atoms with Crippen LogP contribution in [0.3, 0.4) is 0 Å². The van der Waals surface area contributed by atoms with Gasteiger partial charge in [0.15, 0.2) is 11.5 Å². The minimum atomic E-state index is -0.105. The number of amides is 1. The highest BCUT2D eigenvalue weighted by Gasteiger charge is 2.16. The summed E-state index contributed by atoms with van der Waals surface area (Å²) in [7, 11) is 0. The Morgan fingerprint density at radius 3 is 2.96 bits per heavy atom. The summed E-state index contributed by atoms with van der Waals surface area (Å²) in [5.41, 5.74) is 3.68. The van der Waals surface area contributed by atoms with Gasteiger partial charge in [-0.25, -0.2) is 0 Å². The highest BCUT2D eigenvalue weighted by Crippen LogP contribution is 2.32. The van der Waals surface area contributed by atoms with Crippen molar-refractivity contribution in [2.75, 3.05) is 6.79 Å². The Bertz CT molecular complexity index is 943. The molecule has 0 fully saturated rings. The van der Waals surface area contributed by atoms with E-state index in [9.17, 15) is 4.79 Å². The SMILES string of the molecule is CCn1nc(C)c2c1cnn2CC(=O)NCc1ccc2c(c1)OCO2. The van der Waals surface area contributed by atoms with E-state index in [1.165, 1.54) is 0 Å². The smallest absolute Gasteiger partial charge is 0.242 e. The fraction of sp³-hybridized carbons (Fsp3) is 0.353. The van der Waals surface area contributed by atoms with Crippen molar-refractivity contribution in [3.05, 3.63) is 35.7 Å². The molecule has 0 saturated heterocycles. The minimum absolute atomic E-state index is 0.105. The van der Waals surface area contributed by atoms with Crippen molar-refractivity contribution in [3.8, 4) is 11.5 Å². The molecule has 0 aliphatic carbocycles. The van der Waals surface area contributed by atoms with Crippen molar-refractivity contribution in [1.29, 1.82) is 0 Å². The number of nitrogens with one attached hydrogen (secondary N) is 1. The zero-order chi connectivity index (χ0) is 17.4. The van der Waals surface area contributed by atoms with Gasteiger partial charge in [-0.05, 0) is 31.5 Å². The van der Waals surface area contributed by atoms with Gasteiger partial charge in [-0.2, -0.15) is 10.2 Å². The lowest BCUT2D eigenvalue weighted by Gasteiger charge is -2.07. The quantitative estimate of drug-likeness (QED) is 0.762. The number of hydrogen-bond donors (Lipinski definition) is 1. The average Bonchev–Trinajstić information content (AvgIpc) is 3.30. The first-order valence-electron chi connectivity index (χ1n) is 8.20. The van der Waals surface area contributed by atoms with E-state index in [4.69, 9.17) is 9.47 Å². The second-order valence-electron chi connectivity index (χ2n) is 5.90. The monoisotopic (exact) mass is 341 g/mol. The normalized spacial score (nSPS) is 12.7. The molecule has 1 aliphatic heterocycles. The maximum Gasteiger partial charge on any atom is 0.242 e. The molecule has 0 saturated carbocycles. The molecule has 0 spiro atoms. The van der Waals surface area contributed by atoms with Crippen LogP contribution in [0, 0.1) is 6.92 Å². The number of benzene rings is 1. The average molecular weight is 341 g/mol. The van der Waals surface area contributed by atoms with E-state index >= 15 is 0 Å². The minimum Gasteiger partial charge on any atom is -0.454 e. The molecular formula is C17H19N5O3. The molecule has 130 valence electrons. The van der Waals surface area contributed by atoms with Gasteiger partial charge < -0.3 is 14.8 Å². The predicted octanol–water partition coefficient (Wildman–Crippen LogP) is 1.61. The number of carbonyl (C=O) groups excluding carboxylic acids is 1. The van der Waals surface area contributed by atoms with Gasteiger partial charge in [0, 0.05) is 13.1 Å². The lowest BCUT2D eigenvalue weighted by molar-refractivity contribution is -0.121. The summed E-state index contributed by atoms with van der Waals surface area (Å²) in [6.45, 7) is 5.55. The fourth-order valence-electron chi connectivity index (χ4n) is 3.02. The Balaban J connectivity index is 1.43. The first kappa shape index (κ1) is 15.5. The van der Waals surface area contributed by atoms with Gasteiger partial charge in [-0.3, -0.25) is 14.2 Å². The number of carbonyl (C=O) groups is 1. The maximum atomic E-state index is 12.3. The van der Waals surface area contributed by atoms with Crippen molar-refractivity contribution in [2.24, 2.45) is 0 Å². The number of fused-ring (bicyclic) bond motifs is 2. The molecule has 25 heavy (non-hydrogen) atoms. The van der Waals surface area contributed by atoms with Crippen LogP contribution in [0.1, 0.15) is 18.2 Å². The highest BCUT2D eigenvalue weighted by molar-refractivity contribution is 5.81. The van der Waals surface area contributed by atoms with Crippen LogP contribution in [0.4, 0.5) is 0 Å². The number of aromatic nitrogens is 4.